The smallest absolute Gasteiger partial charge is 0.426 e. The van der Waals surface area contributed by atoms with Crippen molar-refractivity contribution < 1.29 is 14.3 Å². The Morgan fingerprint density at radius 3 is 2.41 bits per heavy atom. The van der Waals surface area contributed by atoms with Gasteiger partial charge in [-0.25, -0.2) is 10.2 Å². The van der Waals surface area contributed by atoms with Crippen LogP contribution >= 0.6 is 0 Å². The third-order valence-electron chi connectivity index (χ3n) is 2.51. The lowest BCUT2D eigenvalue weighted by Crippen LogP contribution is -2.50. The number of hydrogen-bond acceptors (Lipinski definition) is 4. The molecule has 0 unspecified atom stereocenters. The van der Waals surface area contributed by atoms with E-state index in [9.17, 15) is 9.59 Å². The lowest BCUT2D eigenvalue weighted by molar-refractivity contribution is -0.126. The van der Waals surface area contributed by atoms with Gasteiger partial charge in [0.1, 0.15) is 5.60 Å². The molecule has 1 aliphatic heterocycles. The molecule has 0 saturated carbocycles. The Kier molecular flexibility index (Phi) is 4.34. The van der Waals surface area contributed by atoms with Gasteiger partial charge in [-0.15, -0.1) is 0 Å². The molecule has 1 heterocycles. The minimum atomic E-state index is -0.647. The highest BCUT2D eigenvalue weighted by Crippen LogP contribution is 2.14. The molecule has 1 atom stereocenters. The van der Waals surface area contributed by atoms with Crippen molar-refractivity contribution in [2.45, 2.75) is 45.3 Å². The Bertz CT molecular complexity index is 299. The molecule has 17 heavy (non-hydrogen) atoms. The van der Waals surface area contributed by atoms with Gasteiger partial charge in [0.25, 0.3) is 5.91 Å². The Hall–Kier alpha value is -1.30. The molecule has 6 nitrogen and oxygen atoms in total. The van der Waals surface area contributed by atoms with E-state index in [1.54, 1.807) is 20.8 Å². The minimum Gasteiger partial charge on any atom is -0.443 e. The molecule has 1 fully saturated rings. The zero-order chi connectivity index (χ0) is 13.1. The van der Waals surface area contributed by atoms with Crippen molar-refractivity contribution >= 4 is 12.0 Å². The molecule has 1 rings (SSSR count). The molecule has 2 N–H and O–H groups in total. The number of carbonyl (C=O) groups excluding carboxylic acids is 2. The van der Waals surface area contributed by atoms with Crippen molar-refractivity contribution in [2.24, 2.45) is 0 Å². The van der Waals surface area contributed by atoms with E-state index in [0.717, 1.165) is 19.4 Å². The van der Waals surface area contributed by atoms with Crippen LogP contribution in [0.2, 0.25) is 0 Å². The molecular formula is C11H21N3O3. The molecule has 0 radical (unpaired) electrons. The third kappa shape index (κ3) is 4.60. The fourth-order valence-corrected chi connectivity index (χ4v) is 1.74. The van der Waals surface area contributed by atoms with Gasteiger partial charge in [0, 0.05) is 0 Å². The molecule has 0 bridgehead atoms. The molecule has 0 aromatic rings. The van der Waals surface area contributed by atoms with Crippen LogP contribution < -0.4 is 10.9 Å². The highest BCUT2D eigenvalue weighted by atomic mass is 16.6. The SMILES string of the molecule is CN1CCC[C@H]1C(=O)NNC(=O)OC(C)(C)C. The first-order chi connectivity index (χ1) is 7.79. The Labute approximate surface area is 102 Å². The van der Waals surface area contributed by atoms with Crippen molar-refractivity contribution in [2.75, 3.05) is 13.6 Å². The number of likely N-dealkylation sites (tertiary alicyclic amines) is 1. The number of carbonyl (C=O) groups is 2. The summed E-state index contributed by atoms with van der Waals surface area (Å²) in [6.07, 6.45) is 1.17. The summed E-state index contributed by atoms with van der Waals surface area (Å²) in [4.78, 5) is 25.0. The van der Waals surface area contributed by atoms with E-state index in [4.69, 9.17) is 4.74 Å². The minimum absolute atomic E-state index is 0.162. The van der Waals surface area contributed by atoms with Crippen LogP contribution in [0.1, 0.15) is 33.6 Å². The standard InChI is InChI=1S/C11H21N3O3/c1-11(2,3)17-10(16)13-12-9(15)8-6-5-7-14(8)4/h8H,5-7H2,1-4H3,(H,12,15)(H,13,16)/t8-/m0/s1. The van der Waals surface area contributed by atoms with E-state index in [1.807, 2.05) is 11.9 Å². The number of ether oxygens (including phenoxy) is 1. The number of hydrazine groups is 1. The number of rotatable bonds is 1. The number of nitrogens with one attached hydrogen (secondary N) is 2. The van der Waals surface area contributed by atoms with Crippen LogP contribution in [0.4, 0.5) is 4.79 Å². The van der Waals surface area contributed by atoms with Crippen molar-refractivity contribution in [1.82, 2.24) is 15.8 Å². The van der Waals surface area contributed by atoms with Crippen molar-refractivity contribution in [1.29, 1.82) is 0 Å². The summed E-state index contributed by atoms with van der Waals surface area (Å²) in [5, 5.41) is 0. The van der Waals surface area contributed by atoms with Crippen molar-refractivity contribution in [3.8, 4) is 0 Å². The number of hydrogen-bond donors (Lipinski definition) is 2. The summed E-state index contributed by atoms with van der Waals surface area (Å²) >= 11 is 0. The van der Waals surface area contributed by atoms with Crippen molar-refractivity contribution in [3.63, 3.8) is 0 Å². The summed E-state index contributed by atoms with van der Waals surface area (Å²) in [7, 11) is 1.89. The summed E-state index contributed by atoms with van der Waals surface area (Å²) in [6.45, 7) is 6.20. The van der Waals surface area contributed by atoms with Gasteiger partial charge in [-0.2, -0.15) is 0 Å². The van der Waals surface area contributed by atoms with Gasteiger partial charge in [-0.1, -0.05) is 0 Å². The van der Waals surface area contributed by atoms with Crippen LogP contribution in [0.25, 0.3) is 0 Å². The van der Waals surface area contributed by atoms with Crippen LogP contribution in [0.5, 0.6) is 0 Å². The number of likely N-dealkylation sites (N-methyl/N-ethyl adjacent to an activating group) is 1. The molecule has 98 valence electrons. The summed E-state index contributed by atoms with van der Waals surface area (Å²) < 4.78 is 5.00. The molecule has 0 aromatic carbocycles. The lowest BCUT2D eigenvalue weighted by Gasteiger charge is -2.21. The Morgan fingerprint density at radius 1 is 1.29 bits per heavy atom. The normalized spacial score (nSPS) is 21.1. The van der Waals surface area contributed by atoms with Gasteiger partial charge >= 0.3 is 6.09 Å². The summed E-state index contributed by atoms with van der Waals surface area (Å²) in [5.74, 6) is -0.198. The largest absolute Gasteiger partial charge is 0.443 e. The summed E-state index contributed by atoms with van der Waals surface area (Å²) in [5.41, 5.74) is 4.05. The number of nitrogens with zero attached hydrogens (tertiary/aromatic N) is 1. The zero-order valence-electron chi connectivity index (χ0n) is 10.9. The van der Waals surface area contributed by atoms with Gasteiger partial charge in [0.15, 0.2) is 0 Å². The second-order valence-electron chi connectivity index (χ2n) is 5.25. The second-order valence-corrected chi connectivity index (χ2v) is 5.25. The first kappa shape index (κ1) is 13.8. The first-order valence-electron chi connectivity index (χ1n) is 5.79. The molecule has 0 aliphatic carbocycles. The Morgan fingerprint density at radius 2 is 1.94 bits per heavy atom. The zero-order valence-corrected chi connectivity index (χ0v) is 10.9. The Balaban J connectivity index is 2.31. The molecule has 2 amide bonds. The molecule has 0 aromatic heterocycles. The quantitative estimate of drug-likeness (QED) is 0.663. The van der Waals surface area contributed by atoms with E-state index in [0.29, 0.717) is 0 Å². The van der Waals surface area contributed by atoms with E-state index < -0.39 is 11.7 Å². The average Bonchev–Trinajstić information content (AvgIpc) is 2.58. The maximum Gasteiger partial charge on any atom is 0.426 e. The number of amides is 2. The first-order valence-corrected chi connectivity index (χ1v) is 5.79. The van der Waals surface area contributed by atoms with E-state index >= 15 is 0 Å². The second kappa shape index (κ2) is 5.35. The molecule has 1 saturated heterocycles. The van der Waals surface area contributed by atoms with Crippen molar-refractivity contribution in [3.05, 3.63) is 0 Å². The predicted molar refractivity (Wildman–Crippen MR) is 63.2 cm³/mol. The van der Waals surface area contributed by atoms with Gasteiger partial charge in [-0.3, -0.25) is 15.1 Å². The maximum atomic E-state index is 11.7. The van der Waals surface area contributed by atoms with Crippen LogP contribution in [-0.4, -0.2) is 42.1 Å². The van der Waals surface area contributed by atoms with Gasteiger partial charge in [0.2, 0.25) is 0 Å². The van der Waals surface area contributed by atoms with E-state index in [-0.39, 0.29) is 11.9 Å². The summed E-state index contributed by atoms with van der Waals surface area (Å²) in [6, 6.07) is -0.162. The van der Waals surface area contributed by atoms with E-state index in [1.165, 1.54) is 0 Å². The van der Waals surface area contributed by atoms with Crippen LogP contribution in [0, 0.1) is 0 Å². The highest BCUT2D eigenvalue weighted by molar-refractivity contribution is 5.83. The molecule has 6 heteroatoms. The van der Waals surface area contributed by atoms with Gasteiger partial charge < -0.3 is 4.74 Å². The van der Waals surface area contributed by atoms with Crippen LogP contribution in [0.3, 0.4) is 0 Å². The van der Waals surface area contributed by atoms with Crippen LogP contribution in [0.15, 0.2) is 0 Å². The van der Waals surface area contributed by atoms with E-state index in [2.05, 4.69) is 10.9 Å². The maximum absolute atomic E-state index is 11.7. The fourth-order valence-electron chi connectivity index (χ4n) is 1.74. The average molecular weight is 243 g/mol. The monoisotopic (exact) mass is 243 g/mol. The fraction of sp³-hybridized carbons (Fsp3) is 0.818. The lowest BCUT2D eigenvalue weighted by atomic mass is 10.2. The third-order valence-corrected chi connectivity index (χ3v) is 2.51. The molecular weight excluding hydrogens is 222 g/mol. The van der Waals surface area contributed by atoms with Gasteiger partial charge in [0.05, 0.1) is 6.04 Å². The van der Waals surface area contributed by atoms with Crippen LogP contribution in [-0.2, 0) is 9.53 Å². The topological polar surface area (TPSA) is 70.7 Å². The highest BCUT2D eigenvalue weighted by Gasteiger charge is 2.28. The predicted octanol–water partition coefficient (Wildman–Crippen LogP) is 0.636. The molecule has 1 aliphatic rings. The molecule has 0 spiro atoms. The van der Waals surface area contributed by atoms with Gasteiger partial charge in [-0.05, 0) is 47.2 Å².